The molecule has 1 heterocycles. The Labute approximate surface area is 103 Å². The molecule has 0 aromatic heterocycles. The first-order valence-electron chi connectivity index (χ1n) is 4.54. The van der Waals surface area contributed by atoms with Gasteiger partial charge in [-0.2, -0.15) is 0 Å². The maximum atomic E-state index is 13.6. The van der Waals surface area contributed by atoms with Gasteiger partial charge in [0.15, 0.2) is 0 Å². The molecule has 5 heteroatoms. The van der Waals surface area contributed by atoms with Crippen molar-refractivity contribution in [1.82, 2.24) is 5.32 Å². The molecule has 2 rings (SSSR count). The van der Waals surface area contributed by atoms with Crippen LogP contribution < -0.4 is 5.32 Å². The van der Waals surface area contributed by atoms with Crippen molar-refractivity contribution in [2.45, 2.75) is 6.04 Å². The standard InChI is InChI=1S/C10H11BrFNO.ClH/c11-8-3-1-2-7(10(8)12)9-6-14-5-4-13-9;/h1-3,9,13H,4-6H2;1H/t9-;/m0./s1. The fraction of sp³-hybridized carbons (Fsp3) is 0.400. The summed E-state index contributed by atoms with van der Waals surface area (Å²) in [5.41, 5.74) is 0.666. The lowest BCUT2D eigenvalue weighted by Crippen LogP contribution is -2.35. The van der Waals surface area contributed by atoms with Crippen LogP contribution in [0.15, 0.2) is 22.7 Å². The second-order valence-corrected chi connectivity index (χ2v) is 4.08. The van der Waals surface area contributed by atoms with E-state index in [1.54, 1.807) is 12.1 Å². The first-order valence-corrected chi connectivity index (χ1v) is 5.33. The normalized spacial score (nSPS) is 20.8. The smallest absolute Gasteiger partial charge is 0.142 e. The topological polar surface area (TPSA) is 21.3 Å². The molecule has 1 aliphatic rings. The number of ether oxygens (including phenoxy) is 1. The van der Waals surface area contributed by atoms with Crippen LogP contribution in [0.2, 0.25) is 0 Å². The van der Waals surface area contributed by atoms with Gasteiger partial charge in [-0.1, -0.05) is 12.1 Å². The molecular weight excluding hydrogens is 284 g/mol. The predicted octanol–water partition coefficient (Wildman–Crippen LogP) is 2.67. The molecule has 0 radical (unpaired) electrons. The van der Waals surface area contributed by atoms with Crippen molar-refractivity contribution in [3.8, 4) is 0 Å². The Morgan fingerprint density at radius 1 is 1.47 bits per heavy atom. The number of benzene rings is 1. The molecule has 2 nitrogen and oxygen atoms in total. The molecule has 15 heavy (non-hydrogen) atoms. The Morgan fingerprint density at radius 3 is 2.93 bits per heavy atom. The third-order valence-electron chi connectivity index (χ3n) is 2.28. The zero-order chi connectivity index (χ0) is 9.97. The van der Waals surface area contributed by atoms with Gasteiger partial charge < -0.3 is 10.1 Å². The summed E-state index contributed by atoms with van der Waals surface area (Å²) in [4.78, 5) is 0. The highest BCUT2D eigenvalue weighted by Gasteiger charge is 2.19. The Kier molecular flexibility index (Phi) is 4.99. The minimum Gasteiger partial charge on any atom is -0.378 e. The number of nitrogens with one attached hydrogen (secondary N) is 1. The number of rotatable bonds is 1. The Morgan fingerprint density at radius 2 is 2.27 bits per heavy atom. The predicted molar refractivity (Wildman–Crippen MR) is 62.9 cm³/mol. The van der Waals surface area contributed by atoms with E-state index in [1.807, 2.05) is 6.07 Å². The van der Waals surface area contributed by atoms with Crippen LogP contribution in [0.1, 0.15) is 11.6 Å². The quantitative estimate of drug-likeness (QED) is 0.860. The van der Waals surface area contributed by atoms with Crippen LogP contribution >= 0.6 is 28.3 Å². The SMILES string of the molecule is Cl.Fc1c(Br)cccc1[C@@H]1COCCN1. The van der Waals surface area contributed by atoms with E-state index in [-0.39, 0.29) is 24.3 Å². The summed E-state index contributed by atoms with van der Waals surface area (Å²) in [6, 6.07) is 5.29. The number of hydrogen-bond donors (Lipinski definition) is 1. The fourth-order valence-electron chi connectivity index (χ4n) is 1.55. The summed E-state index contributed by atoms with van der Waals surface area (Å²) in [7, 11) is 0. The summed E-state index contributed by atoms with van der Waals surface area (Å²) >= 11 is 3.17. The van der Waals surface area contributed by atoms with Gasteiger partial charge in [0.05, 0.1) is 23.7 Å². The molecule has 0 spiro atoms. The van der Waals surface area contributed by atoms with E-state index in [0.717, 1.165) is 6.54 Å². The second kappa shape index (κ2) is 5.80. The van der Waals surface area contributed by atoms with E-state index in [1.165, 1.54) is 0 Å². The van der Waals surface area contributed by atoms with Crippen LogP contribution in [0, 0.1) is 5.82 Å². The van der Waals surface area contributed by atoms with Gasteiger partial charge in [0.2, 0.25) is 0 Å². The summed E-state index contributed by atoms with van der Waals surface area (Å²) in [5.74, 6) is -0.199. The second-order valence-electron chi connectivity index (χ2n) is 3.22. The molecule has 0 bridgehead atoms. The number of hydrogen-bond acceptors (Lipinski definition) is 2. The van der Waals surface area contributed by atoms with E-state index in [0.29, 0.717) is 23.2 Å². The van der Waals surface area contributed by atoms with Crippen molar-refractivity contribution >= 4 is 28.3 Å². The number of halogens is 3. The van der Waals surface area contributed by atoms with Gasteiger partial charge in [0.1, 0.15) is 5.82 Å². The van der Waals surface area contributed by atoms with Gasteiger partial charge >= 0.3 is 0 Å². The molecule has 1 aliphatic heterocycles. The Balaban J connectivity index is 0.00000112. The zero-order valence-electron chi connectivity index (χ0n) is 8.00. The van der Waals surface area contributed by atoms with Gasteiger partial charge in [-0.15, -0.1) is 12.4 Å². The van der Waals surface area contributed by atoms with E-state index >= 15 is 0 Å². The zero-order valence-corrected chi connectivity index (χ0v) is 10.4. The minimum atomic E-state index is -0.199. The van der Waals surface area contributed by atoms with E-state index < -0.39 is 0 Å². The van der Waals surface area contributed by atoms with Gasteiger partial charge in [-0.25, -0.2) is 4.39 Å². The first kappa shape index (κ1) is 12.9. The van der Waals surface area contributed by atoms with Crippen molar-refractivity contribution < 1.29 is 9.13 Å². The third kappa shape index (κ3) is 2.91. The molecule has 1 aromatic carbocycles. The largest absolute Gasteiger partial charge is 0.378 e. The van der Waals surface area contributed by atoms with Crippen molar-refractivity contribution in [3.63, 3.8) is 0 Å². The van der Waals surface area contributed by atoms with Crippen LogP contribution in [-0.4, -0.2) is 19.8 Å². The lowest BCUT2D eigenvalue weighted by atomic mass is 10.1. The molecule has 0 unspecified atom stereocenters. The van der Waals surface area contributed by atoms with Crippen LogP contribution in [0.4, 0.5) is 4.39 Å². The van der Waals surface area contributed by atoms with Crippen molar-refractivity contribution in [2.24, 2.45) is 0 Å². The average molecular weight is 297 g/mol. The molecule has 1 N–H and O–H groups in total. The maximum absolute atomic E-state index is 13.6. The fourth-order valence-corrected chi connectivity index (χ4v) is 1.94. The third-order valence-corrected chi connectivity index (χ3v) is 2.89. The molecule has 0 amide bonds. The van der Waals surface area contributed by atoms with E-state index in [2.05, 4.69) is 21.2 Å². The Hall–Kier alpha value is -0.160. The maximum Gasteiger partial charge on any atom is 0.142 e. The van der Waals surface area contributed by atoms with Gasteiger partial charge in [0.25, 0.3) is 0 Å². The van der Waals surface area contributed by atoms with E-state index in [9.17, 15) is 4.39 Å². The highest BCUT2D eigenvalue weighted by Crippen LogP contribution is 2.24. The van der Waals surface area contributed by atoms with Gasteiger partial charge in [0, 0.05) is 12.1 Å². The van der Waals surface area contributed by atoms with Gasteiger partial charge in [-0.05, 0) is 22.0 Å². The molecule has 84 valence electrons. The first-order chi connectivity index (χ1) is 6.79. The van der Waals surface area contributed by atoms with Crippen LogP contribution in [-0.2, 0) is 4.74 Å². The average Bonchev–Trinajstić information content (AvgIpc) is 2.23. The van der Waals surface area contributed by atoms with Crippen molar-refractivity contribution in [1.29, 1.82) is 0 Å². The molecule has 0 aliphatic carbocycles. The summed E-state index contributed by atoms with van der Waals surface area (Å²) in [6.45, 7) is 2.01. The van der Waals surface area contributed by atoms with Gasteiger partial charge in [-0.3, -0.25) is 0 Å². The lowest BCUT2D eigenvalue weighted by molar-refractivity contribution is 0.0757. The number of morpholine rings is 1. The van der Waals surface area contributed by atoms with E-state index in [4.69, 9.17) is 4.74 Å². The summed E-state index contributed by atoms with van der Waals surface area (Å²) < 4.78 is 19.4. The van der Waals surface area contributed by atoms with Crippen molar-refractivity contribution in [2.75, 3.05) is 19.8 Å². The molecule has 1 fully saturated rings. The van der Waals surface area contributed by atoms with Crippen LogP contribution in [0.25, 0.3) is 0 Å². The highest BCUT2D eigenvalue weighted by molar-refractivity contribution is 9.10. The monoisotopic (exact) mass is 295 g/mol. The van der Waals surface area contributed by atoms with Crippen LogP contribution in [0.3, 0.4) is 0 Å². The highest BCUT2D eigenvalue weighted by atomic mass is 79.9. The molecule has 1 saturated heterocycles. The van der Waals surface area contributed by atoms with Crippen LogP contribution in [0.5, 0.6) is 0 Å². The Bertz CT molecular complexity index is 331. The summed E-state index contributed by atoms with van der Waals surface area (Å²) in [6.07, 6.45) is 0. The minimum absolute atomic E-state index is 0. The van der Waals surface area contributed by atoms with Crippen molar-refractivity contribution in [3.05, 3.63) is 34.1 Å². The molecular formula is C10H12BrClFNO. The molecule has 1 aromatic rings. The molecule has 0 saturated carbocycles. The lowest BCUT2D eigenvalue weighted by Gasteiger charge is -2.24. The summed E-state index contributed by atoms with van der Waals surface area (Å²) in [5, 5.41) is 3.22. The molecule has 1 atom stereocenters.